The Morgan fingerprint density at radius 3 is 2.35 bits per heavy atom. The van der Waals surface area contributed by atoms with Crippen LogP contribution >= 0.6 is 11.8 Å². The highest BCUT2D eigenvalue weighted by Gasteiger charge is 2.39. The number of phenols is 1. The van der Waals surface area contributed by atoms with Crippen molar-refractivity contribution in [2.45, 2.75) is 39.8 Å². The summed E-state index contributed by atoms with van der Waals surface area (Å²) in [5.41, 5.74) is -1.30. The number of aromatic hydroxyl groups is 1. The molecule has 0 aliphatic carbocycles. The molecular weight excluding hydrogens is 367 g/mol. The number of halogens is 3. The van der Waals surface area contributed by atoms with Crippen molar-refractivity contribution in [2.24, 2.45) is 5.41 Å². The number of imide groups is 1. The van der Waals surface area contributed by atoms with Gasteiger partial charge < -0.3 is 5.11 Å². The SMILES string of the molecule is CCC(C)(CC)CN1C(=O)S/C(=C\c2ccc(O)c(C(F)(F)F)c2)C1=O. The second-order valence-electron chi connectivity index (χ2n) is 6.56. The number of carbonyl (C=O) groups excluding carboxylic acids is 2. The van der Waals surface area contributed by atoms with Crippen LogP contribution in [0.5, 0.6) is 5.75 Å². The van der Waals surface area contributed by atoms with Crippen molar-refractivity contribution >= 4 is 29.0 Å². The lowest BCUT2D eigenvalue weighted by Crippen LogP contribution is -2.38. The van der Waals surface area contributed by atoms with Crippen LogP contribution in [0.15, 0.2) is 23.1 Å². The highest BCUT2D eigenvalue weighted by molar-refractivity contribution is 8.18. The summed E-state index contributed by atoms with van der Waals surface area (Å²) < 4.78 is 38.7. The fourth-order valence-corrected chi connectivity index (χ4v) is 3.35. The summed E-state index contributed by atoms with van der Waals surface area (Å²) in [6.45, 7) is 6.21. The molecule has 0 bridgehead atoms. The summed E-state index contributed by atoms with van der Waals surface area (Å²) >= 11 is 0.711. The van der Waals surface area contributed by atoms with Gasteiger partial charge in [0.05, 0.1) is 10.5 Å². The summed E-state index contributed by atoms with van der Waals surface area (Å²) in [7, 11) is 0. The van der Waals surface area contributed by atoms with Gasteiger partial charge in [-0.15, -0.1) is 0 Å². The Labute approximate surface area is 154 Å². The van der Waals surface area contributed by atoms with Crippen LogP contribution in [0, 0.1) is 5.41 Å². The third kappa shape index (κ3) is 4.23. The quantitative estimate of drug-likeness (QED) is 0.699. The van der Waals surface area contributed by atoms with Crippen LogP contribution in [-0.2, 0) is 11.0 Å². The predicted molar refractivity (Wildman–Crippen MR) is 94.5 cm³/mol. The van der Waals surface area contributed by atoms with Crippen molar-refractivity contribution in [1.29, 1.82) is 0 Å². The highest BCUT2D eigenvalue weighted by atomic mass is 32.2. The Balaban J connectivity index is 2.31. The van der Waals surface area contributed by atoms with Crippen LogP contribution in [0.2, 0.25) is 0 Å². The zero-order valence-electron chi connectivity index (χ0n) is 14.7. The number of nitrogens with zero attached hydrogens (tertiary/aromatic N) is 1. The molecule has 0 unspecified atom stereocenters. The molecule has 1 aliphatic heterocycles. The molecule has 1 aromatic carbocycles. The number of rotatable bonds is 5. The van der Waals surface area contributed by atoms with E-state index < -0.39 is 28.6 Å². The fourth-order valence-electron chi connectivity index (χ4n) is 2.51. The fraction of sp³-hybridized carbons (Fsp3) is 0.444. The molecule has 2 rings (SSSR count). The number of amides is 2. The first-order chi connectivity index (χ1) is 12.0. The molecule has 1 aromatic rings. The van der Waals surface area contributed by atoms with Crippen molar-refractivity contribution < 1.29 is 27.9 Å². The molecule has 1 saturated heterocycles. The highest BCUT2D eigenvalue weighted by Crippen LogP contribution is 2.39. The summed E-state index contributed by atoms with van der Waals surface area (Å²) in [6, 6.07) is 2.94. The molecule has 142 valence electrons. The first-order valence-electron chi connectivity index (χ1n) is 8.16. The van der Waals surface area contributed by atoms with Crippen LogP contribution in [0.25, 0.3) is 6.08 Å². The average Bonchev–Trinajstić information content (AvgIpc) is 2.82. The van der Waals surface area contributed by atoms with Crippen molar-refractivity contribution in [3.05, 3.63) is 34.2 Å². The summed E-state index contributed by atoms with van der Waals surface area (Å²) in [6.07, 6.45) is -1.89. The number of alkyl halides is 3. The maximum atomic E-state index is 12.9. The van der Waals surface area contributed by atoms with Gasteiger partial charge in [0, 0.05) is 6.54 Å². The molecule has 0 atom stereocenters. The average molecular weight is 387 g/mol. The monoisotopic (exact) mass is 387 g/mol. The van der Waals surface area contributed by atoms with Gasteiger partial charge in [-0.3, -0.25) is 14.5 Å². The molecule has 0 saturated carbocycles. The van der Waals surface area contributed by atoms with E-state index in [1.807, 2.05) is 20.8 Å². The number of carbonyl (C=O) groups is 2. The largest absolute Gasteiger partial charge is 0.507 e. The van der Waals surface area contributed by atoms with Crippen LogP contribution in [0.1, 0.15) is 44.7 Å². The van der Waals surface area contributed by atoms with E-state index in [0.717, 1.165) is 29.9 Å². The molecule has 4 nitrogen and oxygen atoms in total. The predicted octanol–water partition coefficient (Wildman–Crippen LogP) is 5.27. The topological polar surface area (TPSA) is 57.6 Å². The van der Waals surface area contributed by atoms with Gasteiger partial charge in [-0.1, -0.05) is 26.8 Å². The van der Waals surface area contributed by atoms with Gasteiger partial charge in [0.15, 0.2) is 0 Å². The zero-order valence-corrected chi connectivity index (χ0v) is 15.5. The van der Waals surface area contributed by atoms with Crippen LogP contribution < -0.4 is 0 Å². The lowest BCUT2D eigenvalue weighted by molar-refractivity contribution is -0.138. The minimum absolute atomic E-state index is 0.0726. The standard InChI is InChI=1S/C18H20F3NO3S/c1-4-17(3,5-2)10-22-15(24)14(26-16(22)25)9-11-6-7-13(23)12(8-11)18(19,20)21/h6-9,23H,4-5,10H2,1-3H3/b14-9-. The van der Waals surface area contributed by atoms with Crippen molar-refractivity contribution in [3.8, 4) is 5.75 Å². The first kappa shape index (κ1) is 20.4. The Kier molecular flexibility index (Phi) is 5.75. The third-order valence-corrected chi connectivity index (χ3v) is 5.65. The second kappa shape index (κ2) is 7.34. The Hall–Kier alpha value is -1.96. The Bertz CT molecular complexity index is 755. The maximum absolute atomic E-state index is 12.9. The van der Waals surface area contributed by atoms with Gasteiger partial charge in [0.25, 0.3) is 11.1 Å². The van der Waals surface area contributed by atoms with Crippen LogP contribution in [0.4, 0.5) is 18.0 Å². The van der Waals surface area contributed by atoms with Crippen LogP contribution in [-0.4, -0.2) is 27.7 Å². The van der Waals surface area contributed by atoms with Crippen molar-refractivity contribution in [3.63, 3.8) is 0 Å². The minimum Gasteiger partial charge on any atom is -0.507 e. The smallest absolute Gasteiger partial charge is 0.419 e. The van der Waals surface area contributed by atoms with E-state index in [4.69, 9.17) is 0 Å². The molecule has 2 amide bonds. The van der Waals surface area contributed by atoms with Gasteiger partial charge in [-0.05, 0) is 53.8 Å². The van der Waals surface area contributed by atoms with E-state index in [1.165, 1.54) is 12.1 Å². The number of hydrogen-bond acceptors (Lipinski definition) is 4. The molecule has 1 heterocycles. The molecule has 1 aliphatic rings. The summed E-state index contributed by atoms with van der Waals surface area (Å²) in [5.74, 6) is -1.39. The molecule has 0 radical (unpaired) electrons. The number of thioether (sulfide) groups is 1. The molecular formula is C18H20F3NO3S. The third-order valence-electron chi connectivity index (χ3n) is 4.74. The van der Waals surface area contributed by atoms with E-state index in [-0.39, 0.29) is 22.4 Å². The van der Waals surface area contributed by atoms with Gasteiger partial charge >= 0.3 is 6.18 Å². The number of hydrogen-bond donors (Lipinski definition) is 1. The van der Waals surface area contributed by atoms with E-state index >= 15 is 0 Å². The van der Waals surface area contributed by atoms with Crippen LogP contribution in [0.3, 0.4) is 0 Å². The molecule has 1 fully saturated rings. The van der Waals surface area contributed by atoms with E-state index in [1.54, 1.807) is 0 Å². The van der Waals surface area contributed by atoms with E-state index in [0.29, 0.717) is 11.8 Å². The first-order valence-corrected chi connectivity index (χ1v) is 8.98. The zero-order chi connectivity index (χ0) is 19.7. The normalized spacial score (nSPS) is 17.5. The van der Waals surface area contributed by atoms with E-state index in [2.05, 4.69) is 0 Å². The molecule has 26 heavy (non-hydrogen) atoms. The van der Waals surface area contributed by atoms with Gasteiger partial charge in [-0.25, -0.2) is 0 Å². The summed E-state index contributed by atoms with van der Waals surface area (Å²) in [4.78, 5) is 25.9. The van der Waals surface area contributed by atoms with Crippen molar-refractivity contribution in [1.82, 2.24) is 4.90 Å². The molecule has 8 heteroatoms. The van der Waals surface area contributed by atoms with Gasteiger partial charge in [0.1, 0.15) is 5.75 Å². The van der Waals surface area contributed by atoms with Gasteiger partial charge in [0.2, 0.25) is 0 Å². The summed E-state index contributed by atoms with van der Waals surface area (Å²) in [5, 5.41) is 8.95. The number of phenolic OH excluding ortho intramolecular Hbond substituents is 1. The molecule has 0 aromatic heterocycles. The lowest BCUT2D eigenvalue weighted by Gasteiger charge is -2.30. The van der Waals surface area contributed by atoms with Gasteiger partial charge in [-0.2, -0.15) is 13.2 Å². The Morgan fingerprint density at radius 2 is 1.81 bits per heavy atom. The molecule has 0 spiro atoms. The Morgan fingerprint density at radius 1 is 1.19 bits per heavy atom. The maximum Gasteiger partial charge on any atom is 0.419 e. The lowest BCUT2D eigenvalue weighted by atomic mass is 9.84. The molecule has 1 N–H and O–H groups in total. The number of benzene rings is 1. The minimum atomic E-state index is -4.71. The second-order valence-corrected chi connectivity index (χ2v) is 7.55. The van der Waals surface area contributed by atoms with E-state index in [9.17, 15) is 27.9 Å². The van der Waals surface area contributed by atoms with Crippen molar-refractivity contribution in [2.75, 3.05) is 6.54 Å².